The number of anilines is 2. The van der Waals surface area contributed by atoms with Crippen molar-refractivity contribution in [3.63, 3.8) is 0 Å². The van der Waals surface area contributed by atoms with E-state index in [1.807, 2.05) is 33.1 Å². The number of thioether (sulfide) groups is 1. The SMILES string of the molecule is CSc1cc(Oc2ccnc3c2CCC(=O)N3)ccc1NC(=O)NC(/C=C(\N)C(C)(C)C)=Nc1cccc(Cl)c1. The maximum Gasteiger partial charge on any atom is 0.324 e. The molecule has 4 rings (SSSR count). The second-order valence-electron chi connectivity index (χ2n) is 10.1. The van der Waals surface area contributed by atoms with Crippen LogP contribution in [0.5, 0.6) is 11.5 Å². The standard InChI is InChI=1S/C29H31ClN6O3S/c1-29(2,3)24(31)16-25(33-18-7-5-6-17(30)14-18)35-28(38)34-21-10-8-19(15-23(21)40-4)39-22-12-13-32-27-20(22)9-11-26(37)36-27/h5-8,10,12-16H,9,11,31H2,1-4H3,(H,32,36,37)(H2,33,34,35,38)/b24-16-. The number of pyridine rings is 1. The van der Waals surface area contributed by atoms with Crippen LogP contribution in [0, 0.1) is 5.41 Å². The van der Waals surface area contributed by atoms with E-state index in [4.69, 9.17) is 22.1 Å². The summed E-state index contributed by atoms with van der Waals surface area (Å²) in [6.07, 6.45) is 6.07. The quantitative estimate of drug-likeness (QED) is 0.143. The molecule has 2 aromatic carbocycles. The van der Waals surface area contributed by atoms with E-state index in [2.05, 4.69) is 25.9 Å². The van der Waals surface area contributed by atoms with Gasteiger partial charge in [-0.25, -0.2) is 14.8 Å². The number of nitrogens with zero attached hydrogens (tertiary/aromatic N) is 2. The minimum Gasteiger partial charge on any atom is -0.457 e. The van der Waals surface area contributed by atoms with Crippen molar-refractivity contribution >= 4 is 58.3 Å². The van der Waals surface area contributed by atoms with Gasteiger partial charge in [0, 0.05) is 45.3 Å². The maximum atomic E-state index is 13.1. The van der Waals surface area contributed by atoms with Crippen molar-refractivity contribution in [1.29, 1.82) is 0 Å². The number of allylic oxidation sites excluding steroid dienone is 1. The van der Waals surface area contributed by atoms with Crippen molar-refractivity contribution in [2.24, 2.45) is 16.1 Å². The van der Waals surface area contributed by atoms with Gasteiger partial charge in [-0.1, -0.05) is 38.4 Å². The minimum atomic E-state index is -0.485. The monoisotopic (exact) mass is 578 g/mol. The molecule has 3 amide bonds. The molecule has 2 heterocycles. The number of benzene rings is 2. The highest BCUT2D eigenvalue weighted by atomic mass is 35.5. The number of halogens is 1. The van der Waals surface area contributed by atoms with Gasteiger partial charge < -0.3 is 21.1 Å². The van der Waals surface area contributed by atoms with Crippen molar-refractivity contribution in [2.45, 2.75) is 38.5 Å². The Kier molecular flexibility index (Phi) is 9.01. The number of amidine groups is 1. The first-order valence-electron chi connectivity index (χ1n) is 12.6. The van der Waals surface area contributed by atoms with Gasteiger partial charge >= 0.3 is 6.03 Å². The molecule has 0 radical (unpaired) electrons. The number of fused-ring (bicyclic) bond motifs is 1. The molecule has 0 bridgehead atoms. The number of rotatable bonds is 6. The number of ether oxygens (including phenoxy) is 1. The summed E-state index contributed by atoms with van der Waals surface area (Å²) in [6.45, 7) is 5.92. The summed E-state index contributed by atoms with van der Waals surface area (Å²) in [5, 5.41) is 8.99. The molecule has 1 aliphatic heterocycles. The summed E-state index contributed by atoms with van der Waals surface area (Å²) in [4.78, 5) is 34.4. The van der Waals surface area contributed by atoms with Crippen LogP contribution in [-0.2, 0) is 11.2 Å². The fourth-order valence-corrected chi connectivity index (χ4v) is 4.49. The molecule has 5 N–H and O–H groups in total. The lowest BCUT2D eigenvalue weighted by atomic mass is 9.92. The number of hydrogen-bond acceptors (Lipinski definition) is 7. The summed E-state index contributed by atoms with van der Waals surface area (Å²) in [7, 11) is 0. The number of carbonyl (C=O) groups is 2. The Morgan fingerprint density at radius 2 is 2.00 bits per heavy atom. The summed E-state index contributed by atoms with van der Waals surface area (Å²) in [5.41, 5.74) is 8.53. The lowest BCUT2D eigenvalue weighted by Crippen LogP contribution is -2.34. The lowest BCUT2D eigenvalue weighted by Gasteiger charge is -2.20. The van der Waals surface area contributed by atoms with E-state index in [9.17, 15) is 9.59 Å². The van der Waals surface area contributed by atoms with Gasteiger partial charge in [0.2, 0.25) is 5.91 Å². The molecule has 40 heavy (non-hydrogen) atoms. The molecule has 0 saturated heterocycles. The summed E-state index contributed by atoms with van der Waals surface area (Å²) < 4.78 is 6.15. The molecule has 3 aromatic rings. The first kappa shape index (κ1) is 29.0. The number of amides is 3. The van der Waals surface area contributed by atoms with Crippen LogP contribution in [0.15, 0.2) is 76.4 Å². The molecule has 0 fully saturated rings. The van der Waals surface area contributed by atoms with Crippen LogP contribution >= 0.6 is 23.4 Å². The van der Waals surface area contributed by atoms with Gasteiger partial charge in [0.15, 0.2) is 0 Å². The highest BCUT2D eigenvalue weighted by Crippen LogP contribution is 2.36. The fourth-order valence-electron chi connectivity index (χ4n) is 3.73. The largest absolute Gasteiger partial charge is 0.457 e. The molecule has 0 aliphatic carbocycles. The molecule has 1 aliphatic rings. The van der Waals surface area contributed by atoms with Crippen LogP contribution in [0.1, 0.15) is 32.8 Å². The van der Waals surface area contributed by atoms with E-state index in [1.165, 1.54) is 11.8 Å². The van der Waals surface area contributed by atoms with E-state index in [-0.39, 0.29) is 17.2 Å². The van der Waals surface area contributed by atoms with Crippen LogP contribution in [-0.4, -0.2) is 29.0 Å². The Morgan fingerprint density at radius 1 is 1.20 bits per heavy atom. The van der Waals surface area contributed by atoms with Crippen molar-refractivity contribution in [3.8, 4) is 11.5 Å². The van der Waals surface area contributed by atoms with Crippen LogP contribution in [0.4, 0.5) is 22.0 Å². The normalized spacial score (nSPS) is 13.8. The van der Waals surface area contributed by atoms with E-state index < -0.39 is 6.03 Å². The third-order valence-corrected chi connectivity index (χ3v) is 6.99. The number of urea groups is 1. The van der Waals surface area contributed by atoms with Gasteiger partial charge in [-0.05, 0) is 55.1 Å². The number of nitrogens with two attached hydrogens (primary N) is 1. The fraction of sp³-hybridized carbons (Fsp3) is 0.241. The van der Waals surface area contributed by atoms with Crippen molar-refractivity contribution in [3.05, 3.63) is 77.1 Å². The van der Waals surface area contributed by atoms with Crippen LogP contribution < -0.4 is 26.4 Å². The Hall–Kier alpha value is -4.02. The number of aromatic nitrogens is 1. The van der Waals surface area contributed by atoms with Gasteiger partial charge in [-0.3, -0.25) is 10.1 Å². The molecular formula is C29H31ClN6O3S. The zero-order chi connectivity index (χ0) is 28.9. The molecule has 208 valence electrons. The zero-order valence-electron chi connectivity index (χ0n) is 22.7. The third kappa shape index (κ3) is 7.55. The maximum absolute atomic E-state index is 13.1. The Balaban J connectivity index is 1.53. The van der Waals surface area contributed by atoms with Crippen molar-refractivity contribution < 1.29 is 14.3 Å². The molecule has 0 spiro atoms. The van der Waals surface area contributed by atoms with Gasteiger partial charge in [0.05, 0.1) is 11.4 Å². The van der Waals surface area contributed by atoms with Crippen LogP contribution in [0.3, 0.4) is 0 Å². The predicted molar refractivity (Wildman–Crippen MR) is 162 cm³/mol. The highest BCUT2D eigenvalue weighted by molar-refractivity contribution is 7.98. The molecule has 0 unspecified atom stereocenters. The molecule has 1 aromatic heterocycles. The number of aliphatic imine (C=N–C) groups is 1. The van der Waals surface area contributed by atoms with Gasteiger partial charge in [-0.15, -0.1) is 11.8 Å². The van der Waals surface area contributed by atoms with E-state index in [0.717, 1.165) is 10.5 Å². The van der Waals surface area contributed by atoms with Crippen LogP contribution in [0.2, 0.25) is 5.02 Å². The van der Waals surface area contributed by atoms with Gasteiger partial charge in [0.25, 0.3) is 0 Å². The molecular weight excluding hydrogens is 548 g/mol. The van der Waals surface area contributed by atoms with Gasteiger partial charge in [-0.2, -0.15) is 0 Å². The average molecular weight is 579 g/mol. The third-order valence-electron chi connectivity index (χ3n) is 5.98. The average Bonchev–Trinajstić information content (AvgIpc) is 2.89. The summed E-state index contributed by atoms with van der Waals surface area (Å²) in [6, 6.07) is 13.7. The Labute approximate surface area is 242 Å². The van der Waals surface area contributed by atoms with Crippen molar-refractivity contribution in [2.75, 3.05) is 16.9 Å². The van der Waals surface area contributed by atoms with Crippen molar-refractivity contribution in [1.82, 2.24) is 10.3 Å². The Bertz CT molecular complexity index is 1500. The topological polar surface area (TPSA) is 131 Å². The number of hydrogen-bond donors (Lipinski definition) is 4. The van der Waals surface area contributed by atoms with E-state index >= 15 is 0 Å². The smallest absolute Gasteiger partial charge is 0.324 e. The molecule has 0 atom stereocenters. The first-order valence-corrected chi connectivity index (χ1v) is 14.2. The molecule has 11 heteroatoms. The van der Waals surface area contributed by atoms with Crippen LogP contribution in [0.25, 0.3) is 0 Å². The Morgan fingerprint density at radius 3 is 2.73 bits per heavy atom. The van der Waals surface area contributed by atoms with E-state index in [1.54, 1.807) is 54.7 Å². The summed E-state index contributed by atoms with van der Waals surface area (Å²) in [5.74, 6) is 1.94. The lowest BCUT2D eigenvalue weighted by molar-refractivity contribution is -0.116. The van der Waals surface area contributed by atoms with E-state index in [0.29, 0.717) is 52.3 Å². The van der Waals surface area contributed by atoms with Gasteiger partial charge in [0.1, 0.15) is 23.2 Å². The number of carbonyl (C=O) groups excluding carboxylic acids is 2. The predicted octanol–water partition coefficient (Wildman–Crippen LogP) is 6.87. The highest BCUT2D eigenvalue weighted by Gasteiger charge is 2.21. The first-order chi connectivity index (χ1) is 19.0. The second-order valence-corrected chi connectivity index (χ2v) is 11.3. The second kappa shape index (κ2) is 12.4. The molecule has 9 nitrogen and oxygen atoms in total. The number of nitrogens with one attached hydrogen (secondary N) is 3. The minimum absolute atomic E-state index is 0.0622. The zero-order valence-corrected chi connectivity index (χ0v) is 24.2. The molecule has 0 saturated carbocycles. The summed E-state index contributed by atoms with van der Waals surface area (Å²) >= 11 is 7.58.